The molecule has 0 spiro atoms. The first-order chi connectivity index (χ1) is 15.4. The molecule has 1 aliphatic rings. The zero-order chi connectivity index (χ0) is 24.6. The molecule has 2 aromatic rings. The Labute approximate surface area is 192 Å². The molecule has 1 aliphatic heterocycles. The zero-order valence-corrected chi connectivity index (χ0v) is 20.1. The van der Waals surface area contributed by atoms with Crippen LogP contribution in [0.2, 0.25) is 0 Å². The number of hydrogen-bond acceptors (Lipinski definition) is 8. The minimum Gasteiger partial charge on any atom is -0.313 e. The summed E-state index contributed by atoms with van der Waals surface area (Å²) in [4.78, 5) is 25.4. The van der Waals surface area contributed by atoms with Crippen molar-refractivity contribution in [2.45, 2.75) is 43.5 Å². The van der Waals surface area contributed by atoms with Gasteiger partial charge in [-0.15, -0.1) is 0 Å². The van der Waals surface area contributed by atoms with Crippen molar-refractivity contribution in [2.75, 3.05) is 13.2 Å². The van der Waals surface area contributed by atoms with E-state index in [1.54, 1.807) is 13.8 Å². The lowest BCUT2D eigenvalue weighted by Gasteiger charge is -2.38. The number of carbonyl (C=O) groups excluding carboxylic acids is 2. The molecule has 0 aliphatic carbocycles. The van der Waals surface area contributed by atoms with E-state index < -0.39 is 37.9 Å². The summed E-state index contributed by atoms with van der Waals surface area (Å²) in [6, 6.07) is 8.08. The SMILES string of the molecule is CCOC1(OCC)N(S(=O)(=O)c2ccc(C)cc2)C(=O)C(=O)N1S(=O)(=O)c1ccc(C)cc1. The van der Waals surface area contributed by atoms with Crippen LogP contribution in [-0.4, -0.2) is 56.5 Å². The number of ether oxygens (including phenoxy) is 2. The summed E-state index contributed by atoms with van der Waals surface area (Å²) in [5.74, 6) is -3.23. The summed E-state index contributed by atoms with van der Waals surface area (Å²) >= 11 is 0. The minimum atomic E-state index is -4.76. The van der Waals surface area contributed by atoms with E-state index in [-0.39, 0.29) is 31.6 Å². The van der Waals surface area contributed by atoms with Gasteiger partial charge >= 0.3 is 17.8 Å². The lowest BCUT2D eigenvalue weighted by atomic mass is 10.2. The van der Waals surface area contributed by atoms with Crippen LogP contribution >= 0.6 is 0 Å². The number of amides is 2. The third-order valence-corrected chi connectivity index (χ3v) is 8.34. The van der Waals surface area contributed by atoms with Crippen molar-refractivity contribution in [1.29, 1.82) is 0 Å². The molecule has 33 heavy (non-hydrogen) atoms. The van der Waals surface area contributed by atoms with Crippen LogP contribution in [0.5, 0.6) is 0 Å². The smallest absolute Gasteiger partial charge is 0.313 e. The van der Waals surface area contributed by atoms with Crippen LogP contribution < -0.4 is 0 Å². The van der Waals surface area contributed by atoms with Gasteiger partial charge in [-0.05, 0) is 52.0 Å². The van der Waals surface area contributed by atoms with Crippen LogP contribution in [0.15, 0.2) is 58.3 Å². The predicted molar refractivity (Wildman–Crippen MR) is 116 cm³/mol. The van der Waals surface area contributed by atoms with Crippen molar-refractivity contribution in [3.8, 4) is 0 Å². The molecular formula is C21H24N2O8S2. The van der Waals surface area contributed by atoms with Crippen LogP contribution in [0.25, 0.3) is 0 Å². The Bertz CT molecular complexity index is 1170. The Kier molecular flexibility index (Phi) is 6.67. The molecule has 0 saturated carbocycles. The summed E-state index contributed by atoms with van der Waals surface area (Å²) in [6.45, 7) is 5.81. The van der Waals surface area contributed by atoms with E-state index in [0.29, 0.717) is 0 Å². The van der Waals surface area contributed by atoms with Gasteiger partial charge in [0, 0.05) is 0 Å². The van der Waals surface area contributed by atoms with Crippen LogP contribution in [0.3, 0.4) is 0 Å². The summed E-state index contributed by atoms with van der Waals surface area (Å²) in [5.41, 5.74) is 1.50. The van der Waals surface area contributed by atoms with Gasteiger partial charge in [-0.2, -0.15) is 8.61 Å². The maximum absolute atomic E-state index is 13.5. The second-order valence-electron chi connectivity index (χ2n) is 7.19. The fourth-order valence-corrected chi connectivity index (χ4v) is 6.33. The molecule has 1 saturated heterocycles. The molecule has 178 valence electrons. The lowest BCUT2D eigenvalue weighted by Crippen LogP contribution is -2.61. The number of rotatable bonds is 8. The van der Waals surface area contributed by atoms with Gasteiger partial charge in [0.15, 0.2) is 0 Å². The third-order valence-electron chi connectivity index (χ3n) is 4.85. The van der Waals surface area contributed by atoms with Crippen LogP contribution in [0.4, 0.5) is 0 Å². The maximum Gasteiger partial charge on any atom is 0.375 e. The fourth-order valence-electron chi connectivity index (χ4n) is 3.32. The Morgan fingerprint density at radius 2 is 0.970 bits per heavy atom. The molecular weight excluding hydrogens is 472 g/mol. The van der Waals surface area contributed by atoms with Gasteiger partial charge < -0.3 is 9.47 Å². The molecule has 0 unspecified atom stereocenters. The third kappa shape index (κ3) is 4.03. The van der Waals surface area contributed by atoms with Crippen molar-refractivity contribution in [3.05, 3.63) is 59.7 Å². The quantitative estimate of drug-likeness (QED) is 0.399. The minimum absolute atomic E-state index is 0.0612. The lowest BCUT2D eigenvalue weighted by molar-refractivity contribution is -0.316. The van der Waals surface area contributed by atoms with Crippen molar-refractivity contribution < 1.29 is 35.9 Å². The van der Waals surface area contributed by atoms with Crippen molar-refractivity contribution >= 4 is 31.9 Å². The van der Waals surface area contributed by atoms with Gasteiger partial charge in [-0.25, -0.2) is 16.8 Å². The summed E-state index contributed by atoms with van der Waals surface area (Å²) in [7, 11) is -9.53. The van der Waals surface area contributed by atoms with E-state index in [0.717, 1.165) is 11.1 Å². The maximum atomic E-state index is 13.5. The Morgan fingerprint density at radius 1 is 0.667 bits per heavy atom. The number of sulfonamides is 2. The molecule has 0 N–H and O–H groups in total. The molecule has 0 aromatic heterocycles. The van der Waals surface area contributed by atoms with Crippen molar-refractivity contribution in [3.63, 3.8) is 0 Å². The normalized spacial score (nSPS) is 16.5. The first-order valence-electron chi connectivity index (χ1n) is 10.0. The average molecular weight is 497 g/mol. The van der Waals surface area contributed by atoms with E-state index in [9.17, 15) is 26.4 Å². The number of aryl methyl sites for hydroxylation is 2. The predicted octanol–water partition coefficient (Wildman–Crippen LogP) is 1.74. The molecule has 0 atom stereocenters. The topological polar surface area (TPSA) is 127 Å². The second kappa shape index (κ2) is 8.86. The first kappa shape index (κ1) is 24.8. The van der Waals surface area contributed by atoms with Gasteiger partial charge in [-0.1, -0.05) is 35.4 Å². The monoisotopic (exact) mass is 496 g/mol. The Hall–Kier alpha value is -2.80. The number of carbonyl (C=O) groups is 2. The molecule has 3 rings (SSSR count). The molecule has 10 nitrogen and oxygen atoms in total. The molecule has 2 amide bonds. The summed E-state index contributed by atoms with van der Waals surface area (Å²) in [6.07, 6.45) is 0. The average Bonchev–Trinajstić information content (AvgIpc) is 2.96. The van der Waals surface area contributed by atoms with Gasteiger partial charge in [0.1, 0.15) is 0 Å². The molecule has 2 aromatic carbocycles. The highest BCUT2D eigenvalue weighted by molar-refractivity contribution is 7.91. The van der Waals surface area contributed by atoms with E-state index in [1.165, 1.54) is 62.4 Å². The van der Waals surface area contributed by atoms with Crippen LogP contribution in [0.1, 0.15) is 25.0 Å². The van der Waals surface area contributed by atoms with Gasteiger partial charge in [0.25, 0.3) is 20.0 Å². The summed E-state index contributed by atoms with van der Waals surface area (Å²) < 4.78 is 65.1. The first-order valence-corrected chi connectivity index (χ1v) is 12.9. The Balaban J connectivity index is 2.29. The molecule has 0 bridgehead atoms. The number of nitrogens with zero attached hydrogens (tertiary/aromatic N) is 2. The van der Waals surface area contributed by atoms with Crippen LogP contribution in [0, 0.1) is 13.8 Å². The van der Waals surface area contributed by atoms with Crippen LogP contribution in [-0.2, 0) is 39.1 Å². The number of benzene rings is 2. The molecule has 12 heteroatoms. The molecule has 0 radical (unpaired) electrons. The summed E-state index contributed by atoms with van der Waals surface area (Å²) in [5, 5.41) is 0. The largest absolute Gasteiger partial charge is 0.375 e. The van der Waals surface area contributed by atoms with Crippen molar-refractivity contribution in [1.82, 2.24) is 8.61 Å². The fraction of sp³-hybridized carbons (Fsp3) is 0.333. The van der Waals surface area contributed by atoms with Gasteiger partial charge in [0.2, 0.25) is 0 Å². The van der Waals surface area contributed by atoms with E-state index in [2.05, 4.69) is 0 Å². The highest BCUT2D eigenvalue weighted by atomic mass is 32.2. The number of hydrogen-bond donors (Lipinski definition) is 0. The van der Waals surface area contributed by atoms with Crippen molar-refractivity contribution in [2.24, 2.45) is 0 Å². The zero-order valence-electron chi connectivity index (χ0n) is 18.5. The highest BCUT2D eigenvalue weighted by Crippen LogP contribution is 2.40. The molecule has 1 fully saturated rings. The van der Waals surface area contributed by atoms with E-state index >= 15 is 0 Å². The van der Waals surface area contributed by atoms with Gasteiger partial charge in [-0.3, -0.25) is 9.59 Å². The van der Waals surface area contributed by atoms with E-state index in [1.807, 2.05) is 0 Å². The second-order valence-corrected chi connectivity index (χ2v) is 10.8. The van der Waals surface area contributed by atoms with Gasteiger partial charge in [0.05, 0.1) is 23.0 Å². The van der Waals surface area contributed by atoms with E-state index in [4.69, 9.17) is 9.47 Å². The Morgan fingerprint density at radius 3 is 1.24 bits per heavy atom. The molecule has 1 heterocycles. The standard InChI is InChI=1S/C21H24N2O8S2/c1-5-30-21(31-6-2)22(32(26,27)17-11-7-15(3)8-12-17)19(24)20(25)23(21)33(28,29)18-13-9-16(4)10-14-18/h7-14H,5-6H2,1-4H3. The highest BCUT2D eigenvalue weighted by Gasteiger charge is 2.68.